The van der Waals surface area contributed by atoms with Gasteiger partial charge in [0, 0.05) is 17.1 Å². The molecule has 0 atom stereocenters. The molecule has 0 saturated heterocycles. The molecule has 1 heterocycles. The first kappa shape index (κ1) is 18.4. The molecule has 0 aliphatic carbocycles. The highest BCUT2D eigenvalue weighted by atomic mass is 35.5. The lowest BCUT2D eigenvalue weighted by Crippen LogP contribution is -2.21. The van der Waals surface area contributed by atoms with E-state index in [9.17, 15) is 9.18 Å². The van der Waals surface area contributed by atoms with E-state index in [0.29, 0.717) is 23.1 Å². The van der Waals surface area contributed by atoms with Crippen LogP contribution in [0.3, 0.4) is 0 Å². The van der Waals surface area contributed by atoms with Crippen molar-refractivity contribution in [2.45, 2.75) is 20.1 Å². The van der Waals surface area contributed by atoms with Crippen molar-refractivity contribution in [3.05, 3.63) is 86.3 Å². The minimum Gasteiger partial charge on any atom is -0.489 e. The van der Waals surface area contributed by atoms with E-state index in [1.54, 1.807) is 18.2 Å². The van der Waals surface area contributed by atoms with E-state index < -0.39 is 0 Å². The van der Waals surface area contributed by atoms with Crippen LogP contribution in [-0.2, 0) is 13.2 Å². The van der Waals surface area contributed by atoms with Crippen molar-refractivity contribution in [1.29, 1.82) is 0 Å². The molecule has 0 radical (unpaired) electrons. The summed E-state index contributed by atoms with van der Waals surface area (Å²) in [4.78, 5) is 12.8. The molecule has 0 unspecified atom stereocenters. The average molecular weight is 390 g/mol. The van der Waals surface area contributed by atoms with Gasteiger partial charge in [0.25, 0.3) is 5.91 Å². The Morgan fingerprint density at radius 3 is 2.65 bits per heavy atom. The molecule has 0 saturated carbocycles. The summed E-state index contributed by atoms with van der Waals surface area (Å²) >= 11 is 7.36. The van der Waals surface area contributed by atoms with Crippen LogP contribution < -0.4 is 10.1 Å². The zero-order chi connectivity index (χ0) is 18.5. The fourth-order valence-electron chi connectivity index (χ4n) is 2.32. The van der Waals surface area contributed by atoms with Crippen molar-refractivity contribution >= 4 is 28.8 Å². The standard InChI is InChI=1S/C20H17ClFNO2S/c1-13-8-17(6-7-18(13)21)25-11-15-9-19(26-12-15)20(24)23-10-14-2-4-16(22)5-3-14/h2-9,12H,10-11H2,1H3,(H,23,24). The van der Waals surface area contributed by atoms with E-state index in [4.69, 9.17) is 16.3 Å². The average Bonchev–Trinajstić information content (AvgIpc) is 3.11. The number of benzene rings is 2. The normalized spacial score (nSPS) is 10.6. The van der Waals surface area contributed by atoms with Crippen LogP contribution in [0.4, 0.5) is 4.39 Å². The molecule has 0 spiro atoms. The van der Waals surface area contributed by atoms with Gasteiger partial charge in [-0.1, -0.05) is 23.7 Å². The van der Waals surface area contributed by atoms with Gasteiger partial charge in [0.15, 0.2) is 0 Å². The first-order valence-corrected chi connectivity index (χ1v) is 9.26. The number of halogens is 2. The summed E-state index contributed by atoms with van der Waals surface area (Å²) in [5, 5.41) is 5.43. The second kappa shape index (κ2) is 8.34. The maximum Gasteiger partial charge on any atom is 0.261 e. The van der Waals surface area contributed by atoms with Crippen molar-refractivity contribution in [3.63, 3.8) is 0 Å². The molecule has 6 heteroatoms. The lowest BCUT2D eigenvalue weighted by Gasteiger charge is -2.06. The zero-order valence-electron chi connectivity index (χ0n) is 14.1. The van der Waals surface area contributed by atoms with E-state index in [1.165, 1.54) is 23.5 Å². The molecule has 26 heavy (non-hydrogen) atoms. The van der Waals surface area contributed by atoms with E-state index in [-0.39, 0.29) is 11.7 Å². The number of aryl methyl sites for hydroxylation is 1. The summed E-state index contributed by atoms with van der Waals surface area (Å²) in [7, 11) is 0. The highest BCUT2D eigenvalue weighted by molar-refractivity contribution is 7.12. The van der Waals surface area contributed by atoms with E-state index in [0.717, 1.165) is 22.4 Å². The Balaban J connectivity index is 1.54. The minimum atomic E-state index is -0.293. The maximum atomic E-state index is 12.9. The molecule has 3 nitrogen and oxygen atoms in total. The van der Waals surface area contributed by atoms with Crippen LogP contribution in [0.5, 0.6) is 5.75 Å². The van der Waals surface area contributed by atoms with Gasteiger partial charge in [-0.2, -0.15) is 0 Å². The van der Waals surface area contributed by atoms with Crippen LogP contribution in [-0.4, -0.2) is 5.91 Å². The summed E-state index contributed by atoms with van der Waals surface area (Å²) in [5.74, 6) is 0.284. The predicted molar refractivity (Wildman–Crippen MR) is 102 cm³/mol. The molecular formula is C20H17ClFNO2S. The fourth-order valence-corrected chi connectivity index (χ4v) is 3.25. The van der Waals surface area contributed by atoms with Gasteiger partial charge in [-0.15, -0.1) is 11.3 Å². The number of carbonyl (C=O) groups excluding carboxylic acids is 1. The van der Waals surface area contributed by atoms with Crippen LogP contribution in [0.1, 0.15) is 26.4 Å². The molecule has 134 valence electrons. The molecule has 1 aromatic heterocycles. The minimum absolute atomic E-state index is 0.159. The molecule has 3 aromatic rings. The van der Waals surface area contributed by atoms with E-state index in [1.807, 2.05) is 30.5 Å². The molecule has 2 aromatic carbocycles. The largest absolute Gasteiger partial charge is 0.489 e. The van der Waals surface area contributed by atoms with Gasteiger partial charge in [0.2, 0.25) is 0 Å². The number of ether oxygens (including phenoxy) is 1. The van der Waals surface area contributed by atoms with Gasteiger partial charge < -0.3 is 10.1 Å². The Kier molecular flexibility index (Phi) is 5.91. The third-order valence-electron chi connectivity index (χ3n) is 3.78. The van der Waals surface area contributed by atoms with Crippen LogP contribution in [0.2, 0.25) is 5.02 Å². The topological polar surface area (TPSA) is 38.3 Å². The maximum absolute atomic E-state index is 12.9. The van der Waals surface area contributed by atoms with Crippen LogP contribution in [0.15, 0.2) is 53.9 Å². The third-order valence-corrected chi connectivity index (χ3v) is 5.18. The predicted octanol–water partition coefficient (Wildman–Crippen LogP) is 5.36. The van der Waals surface area contributed by atoms with Crippen molar-refractivity contribution in [2.75, 3.05) is 0 Å². The summed E-state index contributed by atoms with van der Waals surface area (Å²) < 4.78 is 18.6. The van der Waals surface area contributed by atoms with E-state index >= 15 is 0 Å². The second-order valence-corrected chi connectivity index (χ2v) is 7.15. The molecule has 0 bridgehead atoms. The first-order chi connectivity index (χ1) is 12.5. The molecule has 0 aliphatic heterocycles. The Morgan fingerprint density at radius 2 is 1.92 bits per heavy atom. The van der Waals surface area contributed by atoms with Gasteiger partial charge in [-0.05, 0) is 59.8 Å². The summed E-state index contributed by atoms with van der Waals surface area (Å²) in [5.41, 5.74) is 2.72. The Hall–Kier alpha value is -2.37. The van der Waals surface area contributed by atoms with Crippen molar-refractivity contribution < 1.29 is 13.9 Å². The van der Waals surface area contributed by atoms with Gasteiger partial charge in [-0.3, -0.25) is 4.79 Å². The Morgan fingerprint density at radius 1 is 1.15 bits per heavy atom. The summed E-state index contributed by atoms with van der Waals surface area (Å²) in [6.45, 7) is 2.65. The first-order valence-electron chi connectivity index (χ1n) is 8.00. The van der Waals surface area contributed by atoms with Gasteiger partial charge in [0.1, 0.15) is 18.2 Å². The van der Waals surface area contributed by atoms with Crippen LogP contribution >= 0.6 is 22.9 Å². The number of thiophene rings is 1. The van der Waals surface area contributed by atoms with Gasteiger partial charge in [0.05, 0.1) is 4.88 Å². The molecular weight excluding hydrogens is 373 g/mol. The van der Waals surface area contributed by atoms with Crippen LogP contribution in [0, 0.1) is 12.7 Å². The number of carbonyl (C=O) groups is 1. The second-order valence-electron chi connectivity index (χ2n) is 5.83. The number of nitrogens with one attached hydrogen (secondary N) is 1. The van der Waals surface area contributed by atoms with E-state index in [2.05, 4.69) is 5.32 Å². The highest BCUT2D eigenvalue weighted by Gasteiger charge is 2.10. The number of rotatable bonds is 6. The Bertz CT molecular complexity index is 908. The zero-order valence-corrected chi connectivity index (χ0v) is 15.7. The summed E-state index contributed by atoms with van der Waals surface area (Å²) in [6, 6.07) is 13.4. The molecule has 0 aliphatic rings. The summed E-state index contributed by atoms with van der Waals surface area (Å²) in [6.07, 6.45) is 0. The fraction of sp³-hybridized carbons (Fsp3) is 0.150. The smallest absolute Gasteiger partial charge is 0.261 e. The molecule has 3 rings (SSSR count). The number of hydrogen-bond donors (Lipinski definition) is 1. The van der Waals surface area contributed by atoms with Gasteiger partial charge in [-0.25, -0.2) is 4.39 Å². The molecule has 0 fully saturated rings. The SMILES string of the molecule is Cc1cc(OCc2csc(C(=O)NCc3ccc(F)cc3)c2)ccc1Cl. The molecule has 1 amide bonds. The molecule has 1 N–H and O–H groups in total. The highest BCUT2D eigenvalue weighted by Crippen LogP contribution is 2.23. The quantitative estimate of drug-likeness (QED) is 0.616. The van der Waals surface area contributed by atoms with Gasteiger partial charge >= 0.3 is 0 Å². The Labute approximate surface area is 160 Å². The lowest BCUT2D eigenvalue weighted by atomic mass is 10.2. The number of hydrogen-bond acceptors (Lipinski definition) is 3. The monoisotopic (exact) mass is 389 g/mol. The number of amides is 1. The third kappa shape index (κ3) is 4.84. The van der Waals surface area contributed by atoms with Crippen molar-refractivity contribution in [1.82, 2.24) is 5.32 Å². The van der Waals surface area contributed by atoms with Crippen LogP contribution in [0.25, 0.3) is 0 Å². The van der Waals surface area contributed by atoms with Crippen molar-refractivity contribution in [2.24, 2.45) is 0 Å². The lowest BCUT2D eigenvalue weighted by molar-refractivity contribution is 0.0955. The van der Waals surface area contributed by atoms with Crippen molar-refractivity contribution in [3.8, 4) is 5.75 Å².